The van der Waals surface area contributed by atoms with Gasteiger partial charge in [0.1, 0.15) is 0 Å². The van der Waals surface area contributed by atoms with Crippen LogP contribution in [0, 0.1) is 12.8 Å². The van der Waals surface area contributed by atoms with E-state index in [9.17, 15) is 14.4 Å². The van der Waals surface area contributed by atoms with Gasteiger partial charge in [0, 0.05) is 56.9 Å². The number of piperazine rings is 1. The van der Waals surface area contributed by atoms with Crippen LogP contribution < -0.4 is 4.90 Å². The summed E-state index contributed by atoms with van der Waals surface area (Å²) in [6.07, 6.45) is 0.303. The Bertz CT molecular complexity index is 961. The fraction of sp³-hybridized carbons (Fsp3) is 0.400. The summed E-state index contributed by atoms with van der Waals surface area (Å²) in [4.78, 5) is 42.9. The quantitative estimate of drug-likeness (QED) is 0.700. The second-order valence-electron chi connectivity index (χ2n) is 8.58. The van der Waals surface area contributed by atoms with Crippen molar-refractivity contribution >= 4 is 23.3 Å². The van der Waals surface area contributed by atoms with E-state index in [1.807, 2.05) is 60.4 Å². The van der Waals surface area contributed by atoms with E-state index in [4.69, 9.17) is 0 Å². The summed E-state index contributed by atoms with van der Waals surface area (Å²) < 4.78 is 0. The third-order valence-corrected chi connectivity index (χ3v) is 6.29. The maximum Gasteiger partial charge on any atom is 0.228 e. The number of ketones is 1. The first-order valence-electron chi connectivity index (χ1n) is 10.9. The average Bonchev–Trinajstić information content (AvgIpc) is 3.15. The maximum absolute atomic E-state index is 13.0. The van der Waals surface area contributed by atoms with Crippen molar-refractivity contribution in [1.29, 1.82) is 0 Å². The van der Waals surface area contributed by atoms with Crippen LogP contribution in [0.4, 0.5) is 5.69 Å². The molecule has 2 aliphatic heterocycles. The number of anilines is 1. The predicted molar refractivity (Wildman–Crippen MR) is 120 cm³/mol. The van der Waals surface area contributed by atoms with Gasteiger partial charge in [0.15, 0.2) is 5.78 Å². The number of nitrogens with zero attached hydrogens (tertiary/aromatic N) is 3. The Morgan fingerprint density at radius 3 is 2.19 bits per heavy atom. The van der Waals surface area contributed by atoms with Crippen molar-refractivity contribution in [1.82, 2.24) is 9.80 Å². The standard InChI is InChI=1S/C25H29N3O3/c1-18-3-5-20(6-4-18)16-28-17-22(15-24(28)30)25(31)27-13-11-26(12-14-27)23-9-7-21(8-10-23)19(2)29/h3-10,22H,11-17H2,1-2H3/t22-/m0/s1. The molecule has 0 saturated carbocycles. The monoisotopic (exact) mass is 419 g/mol. The Balaban J connectivity index is 1.31. The number of hydrogen-bond donors (Lipinski definition) is 0. The van der Waals surface area contributed by atoms with Crippen molar-refractivity contribution in [3.63, 3.8) is 0 Å². The summed E-state index contributed by atoms with van der Waals surface area (Å²) in [5.41, 5.74) is 4.06. The van der Waals surface area contributed by atoms with E-state index < -0.39 is 0 Å². The highest BCUT2D eigenvalue weighted by molar-refractivity contribution is 5.94. The van der Waals surface area contributed by atoms with Crippen LogP contribution in [0.3, 0.4) is 0 Å². The van der Waals surface area contributed by atoms with Gasteiger partial charge in [0.25, 0.3) is 0 Å². The van der Waals surface area contributed by atoms with Gasteiger partial charge in [-0.15, -0.1) is 0 Å². The summed E-state index contributed by atoms with van der Waals surface area (Å²) in [7, 11) is 0. The Hall–Kier alpha value is -3.15. The van der Waals surface area contributed by atoms with Crippen LogP contribution in [0.1, 0.15) is 34.8 Å². The van der Waals surface area contributed by atoms with Crippen LogP contribution in [0.2, 0.25) is 0 Å². The van der Waals surface area contributed by atoms with Crippen molar-refractivity contribution in [2.75, 3.05) is 37.6 Å². The number of aryl methyl sites for hydroxylation is 1. The Morgan fingerprint density at radius 1 is 0.935 bits per heavy atom. The number of rotatable bonds is 5. The molecule has 2 saturated heterocycles. The average molecular weight is 420 g/mol. The highest BCUT2D eigenvalue weighted by Crippen LogP contribution is 2.24. The van der Waals surface area contributed by atoms with Gasteiger partial charge in [-0.05, 0) is 43.7 Å². The van der Waals surface area contributed by atoms with Gasteiger partial charge in [0.05, 0.1) is 5.92 Å². The highest BCUT2D eigenvalue weighted by Gasteiger charge is 2.37. The zero-order valence-corrected chi connectivity index (χ0v) is 18.2. The molecule has 0 bridgehead atoms. The zero-order chi connectivity index (χ0) is 22.0. The minimum atomic E-state index is -0.251. The molecule has 0 radical (unpaired) electrons. The lowest BCUT2D eigenvalue weighted by Gasteiger charge is -2.37. The van der Waals surface area contributed by atoms with Crippen molar-refractivity contribution in [2.45, 2.75) is 26.8 Å². The predicted octanol–water partition coefficient (Wildman–Crippen LogP) is 2.89. The molecular formula is C25H29N3O3. The molecule has 31 heavy (non-hydrogen) atoms. The van der Waals surface area contributed by atoms with Crippen molar-refractivity contribution < 1.29 is 14.4 Å². The number of Topliss-reactive ketones (excluding diaryl/α,β-unsaturated/α-hetero) is 1. The van der Waals surface area contributed by atoms with Crippen LogP contribution in [0.25, 0.3) is 0 Å². The summed E-state index contributed by atoms with van der Waals surface area (Å²) in [6.45, 7) is 7.46. The number of amides is 2. The molecule has 162 valence electrons. The first kappa shape index (κ1) is 21.1. The molecule has 0 aromatic heterocycles. The molecule has 2 aliphatic rings. The summed E-state index contributed by atoms with van der Waals surface area (Å²) in [5.74, 6) is -0.0432. The largest absolute Gasteiger partial charge is 0.368 e. The van der Waals surface area contributed by atoms with Gasteiger partial charge >= 0.3 is 0 Å². The lowest BCUT2D eigenvalue weighted by molar-refractivity contribution is -0.136. The number of likely N-dealkylation sites (tertiary alicyclic amines) is 1. The van der Waals surface area contributed by atoms with Gasteiger partial charge in [-0.25, -0.2) is 0 Å². The number of carbonyl (C=O) groups is 3. The molecule has 0 spiro atoms. The molecule has 1 atom stereocenters. The van der Waals surface area contributed by atoms with E-state index in [0.717, 1.165) is 24.3 Å². The second-order valence-corrected chi connectivity index (χ2v) is 8.58. The van der Waals surface area contributed by atoms with Gasteiger partial charge in [0.2, 0.25) is 11.8 Å². The highest BCUT2D eigenvalue weighted by atomic mass is 16.2. The first-order chi connectivity index (χ1) is 14.9. The molecule has 0 aliphatic carbocycles. The maximum atomic E-state index is 13.0. The van der Waals surface area contributed by atoms with Crippen molar-refractivity contribution in [3.8, 4) is 0 Å². The van der Waals surface area contributed by atoms with Gasteiger partial charge in [-0.3, -0.25) is 14.4 Å². The third-order valence-electron chi connectivity index (χ3n) is 6.29. The molecule has 2 heterocycles. The number of carbonyl (C=O) groups excluding carboxylic acids is 3. The lowest BCUT2D eigenvalue weighted by atomic mass is 10.1. The van der Waals surface area contributed by atoms with Gasteiger partial charge in [-0.2, -0.15) is 0 Å². The van der Waals surface area contributed by atoms with E-state index >= 15 is 0 Å². The van der Waals surface area contributed by atoms with Crippen LogP contribution in [-0.4, -0.2) is 60.1 Å². The smallest absolute Gasteiger partial charge is 0.228 e. The Labute approximate surface area is 183 Å². The molecule has 2 aromatic rings. The van der Waals surface area contributed by atoms with Crippen LogP contribution in [-0.2, 0) is 16.1 Å². The summed E-state index contributed by atoms with van der Waals surface area (Å²) in [5, 5.41) is 0. The summed E-state index contributed by atoms with van der Waals surface area (Å²) >= 11 is 0. The van der Waals surface area contributed by atoms with E-state index in [1.54, 1.807) is 11.8 Å². The molecule has 4 rings (SSSR count). The second kappa shape index (κ2) is 8.92. The summed E-state index contributed by atoms with van der Waals surface area (Å²) in [6, 6.07) is 15.8. The molecule has 0 N–H and O–H groups in total. The molecule has 6 heteroatoms. The van der Waals surface area contributed by atoms with Crippen LogP contribution in [0.5, 0.6) is 0 Å². The van der Waals surface area contributed by atoms with Crippen molar-refractivity contribution in [2.24, 2.45) is 5.92 Å². The minimum Gasteiger partial charge on any atom is -0.368 e. The Morgan fingerprint density at radius 2 is 1.58 bits per heavy atom. The SMILES string of the molecule is CC(=O)c1ccc(N2CCN(C(=O)[C@H]3CC(=O)N(Cc4ccc(C)cc4)C3)CC2)cc1. The molecular weight excluding hydrogens is 390 g/mol. The molecule has 0 unspecified atom stereocenters. The van der Waals surface area contributed by atoms with Gasteiger partial charge < -0.3 is 14.7 Å². The van der Waals surface area contributed by atoms with Gasteiger partial charge in [-0.1, -0.05) is 29.8 Å². The minimum absolute atomic E-state index is 0.0584. The number of benzene rings is 2. The van der Waals surface area contributed by atoms with E-state index in [-0.39, 0.29) is 23.5 Å². The topological polar surface area (TPSA) is 60.9 Å². The zero-order valence-electron chi connectivity index (χ0n) is 18.2. The van der Waals surface area contributed by atoms with Crippen molar-refractivity contribution in [3.05, 3.63) is 65.2 Å². The number of hydrogen-bond acceptors (Lipinski definition) is 4. The third kappa shape index (κ3) is 4.79. The molecule has 2 amide bonds. The fourth-order valence-corrected chi connectivity index (χ4v) is 4.35. The van der Waals surface area contributed by atoms with E-state index in [2.05, 4.69) is 4.90 Å². The Kier molecular flexibility index (Phi) is 6.07. The molecule has 2 aromatic carbocycles. The molecule has 6 nitrogen and oxygen atoms in total. The van der Waals surface area contributed by atoms with Crippen LogP contribution >= 0.6 is 0 Å². The molecule has 2 fully saturated rings. The lowest BCUT2D eigenvalue weighted by Crippen LogP contribution is -2.50. The first-order valence-corrected chi connectivity index (χ1v) is 10.9. The van der Waals surface area contributed by atoms with E-state index in [0.29, 0.717) is 38.2 Å². The van der Waals surface area contributed by atoms with E-state index in [1.165, 1.54) is 5.56 Å². The normalized spacial score (nSPS) is 19.1. The fourth-order valence-electron chi connectivity index (χ4n) is 4.35. The van der Waals surface area contributed by atoms with Crippen LogP contribution in [0.15, 0.2) is 48.5 Å².